The second-order valence-corrected chi connectivity index (χ2v) is 8.32. The second kappa shape index (κ2) is 11.7. The summed E-state index contributed by atoms with van der Waals surface area (Å²) in [5, 5.41) is 3.91. The quantitative estimate of drug-likeness (QED) is 0.386. The molecule has 0 amide bonds. The number of nitrogens with one attached hydrogen (secondary N) is 1. The number of nitrogens with zero attached hydrogens (tertiary/aromatic N) is 2. The van der Waals surface area contributed by atoms with E-state index in [1.807, 2.05) is 24.5 Å². The molecule has 0 saturated heterocycles. The summed E-state index contributed by atoms with van der Waals surface area (Å²) in [5.41, 5.74) is 3.51. The Hall–Kier alpha value is 0.263. The first-order valence-corrected chi connectivity index (χ1v) is 13.6. The molecule has 8 heteroatoms. The number of hydrogen-bond donors (Lipinski definition) is 1. The molecule has 0 unspecified atom stereocenters. The normalized spacial score (nSPS) is 8.94. The molecule has 16 heavy (non-hydrogen) atoms. The Kier molecular flexibility index (Phi) is 11.9. The Bertz CT molecular complexity index is 324. The van der Waals surface area contributed by atoms with Gasteiger partial charge < -0.3 is 0 Å². The van der Waals surface area contributed by atoms with Gasteiger partial charge in [0.05, 0.1) is 11.9 Å². The number of hydrazone groups is 1. The average Bonchev–Trinajstić information content (AvgIpc) is 2.31. The first-order chi connectivity index (χ1) is 7.74. The van der Waals surface area contributed by atoms with Crippen LogP contribution in [0.5, 0.6) is 0 Å². The molecule has 0 atom stereocenters. The van der Waals surface area contributed by atoms with Crippen LogP contribution in [-0.2, 0) is 15.1 Å². The van der Waals surface area contributed by atoms with E-state index in [9.17, 15) is 0 Å². The Morgan fingerprint density at radius 2 is 2.31 bits per heavy atom. The van der Waals surface area contributed by atoms with Gasteiger partial charge in [0.15, 0.2) is 4.32 Å². The van der Waals surface area contributed by atoms with Crippen LogP contribution in [0.15, 0.2) is 29.5 Å². The maximum absolute atomic E-state index is 4.95. The van der Waals surface area contributed by atoms with E-state index in [1.165, 1.54) is 11.8 Å². The first-order valence-electron chi connectivity index (χ1n) is 4.14. The van der Waals surface area contributed by atoms with Gasteiger partial charge in [-0.25, -0.2) is 0 Å². The molecule has 0 bridgehead atoms. The summed E-state index contributed by atoms with van der Waals surface area (Å²) in [6.45, 7) is 0. The van der Waals surface area contributed by atoms with Gasteiger partial charge in [0.25, 0.3) is 0 Å². The Labute approximate surface area is 120 Å². The summed E-state index contributed by atoms with van der Waals surface area (Å²) in [4.78, 5) is 4.06. The van der Waals surface area contributed by atoms with E-state index < -0.39 is 15.1 Å². The van der Waals surface area contributed by atoms with E-state index in [1.54, 1.807) is 12.4 Å². The van der Waals surface area contributed by atoms with Gasteiger partial charge in [-0.15, -0.1) is 0 Å². The fourth-order valence-electron chi connectivity index (χ4n) is 0.649. The summed E-state index contributed by atoms with van der Waals surface area (Å²) in [6, 6.07) is 5.63. The Morgan fingerprint density at radius 1 is 1.62 bits per heavy atom. The van der Waals surface area contributed by atoms with Crippen molar-refractivity contribution in [3.8, 4) is 0 Å². The predicted molar refractivity (Wildman–Crippen MR) is 72.8 cm³/mol. The van der Waals surface area contributed by atoms with Gasteiger partial charge in [0.2, 0.25) is 0 Å². The molecule has 0 spiro atoms. The summed E-state index contributed by atoms with van der Waals surface area (Å²) < 4.78 is 0.646. The minimum atomic E-state index is -0.931. The third-order valence-corrected chi connectivity index (χ3v) is 2.28. The number of thiocarbonyl (C=S) groups is 1. The Morgan fingerprint density at radius 3 is 2.81 bits per heavy atom. The molecule has 0 aromatic carbocycles. The van der Waals surface area contributed by atoms with Crippen LogP contribution >= 0.6 is 43.4 Å². The van der Waals surface area contributed by atoms with Crippen molar-refractivity contribution in [1.82, 2.24) is 10.4 Å². The van der Waals surface area contributed by atoms with Crippen LogP contribution in [-0.4, -0.2) is 21.8 Å². The topological polar surface area (TPSA) is 37.3 Å². The zero-order chi connectivity index (χ0) is 12.2. The molecule has 0 fully saturated rings. The molecular formula is C8H9Cl2N3S2Zn. The van der Waals surface area contributed by atoms with Crippen LogP contribution in [0.25, 0.3) is 0 Å². The first kappa shape index (κ1) is 16.3. The van der Waals surface area contributed by atoms with E-state index in [2.05, 4.69) is 15.5 Å². The number of aromatic nitrogens is 1. The number of halogens is 2. The Balaban J connectivity index is 0.000000673. The summed E-state index contributed by atoms with van der Waals surface area (Å²) >= 11 is 5.40. The zero-order valence-electron chi connectivity index (χ0n) is 8.56. The number of hydrogen-bond acceptors (Lipinski definition) is 4. The maximum atomic E-state index is 4.95. The number of thioether (sulfide) groups is 1. The summed E-state index contributed by atoms with van der Waals surface area (Å²) in [7, 11) is 9.90. The molecule has 1 N–H and O–H groups in total. The fourth-order valence-corrected chi connectivity index (χ4v) is 0.846. The monoisotopic (exact) mass is 345 g/mol. The van der Waals surface area contributed by atoms with Crippen LogP contribution in [0.3, 0.4) is 0 Å². The third kappa shape index (κ3) is 9.49. The molecule has 1 heterocycles. The van der Waals surface area contributed by atoms with E-state index in [0.717, 1.165) is 5.69 Å². The van der Waals surface area contributed by atoms with Crippen LogP contribution in [0, 0.1) is 0 Å². The molecule has 1 aromatic rings. The molecule has 1 rings (SSSR count). The van der Waals surface area contributed by atoms with E-state index >= 15 is 0 Å². The standard InChI is InChI=1S/C8H9N3S2.2ClH.Zn/c1-13-8(12)11-10-6-7-4-2-3-5-9-7;;;/h2-6H,1H3,(H,11,12);2*1H;/q;;;+2/p-2/b10-6+;;;. The van der Waals surface area contributed by atoms with Gasteiger partial charge in [-0.05, 0) is 18.4 Å². The van der Waals surface area contributed by atoms with Crippen molar-refractivity contribution in [2.75, 3.05) is 6.26 Å². The van der Waals surface area contributed by atoms with Crippen LogP contribution < -0.4 is 5.43 Å². The predicted octanol–water partition coefficient (Wildman–Crippen LogP) is 3.03. The SMILES string of the molecule is CSC(=S)N/N=C/c1ccccn1.[Cl][Zn][Cl]. The molecule has 0 aliphatic rings. The van der Waals surface area contributed by atoms with Gasteiger partial charge >= 0.3 is 34.5 Å². The van der Waals surface area contributed by atoms with E-state index in [-0.39, 0.29) is 0 Å². The fraction of sp³-hybridized carbons (Fsp3) is 0.125. The molecule has 3 nitrogen and oxygen atoms in total. The minimum absolute atomic E-state index is 0.646. The van der Waals surface area contributed by atoms with Crippen molar-refractivity contribution in [2.45, 2.75) is 0 Å². The number of pyridine rings is 1. The number of rotatable bonds is 2. The van der Waals surface area contributed by atoms with Gasteiger partial charge in [0.1, 0.15) is 0 Å². The van der Waals surface area contributed by atoms with Gasteiger partial charge in [-0.2, -0.15) is 5.10 Å². The van der Waals surface area contributed by atoms with Gasteiger partial charge in [-0.3, -0.25) is 10.4 Å². The molecule has 0 aliphatic heterocycles. The summed E-state index contributed by atoms with van der Waals surface area (Å²) in [5.74, 6) is 0. The molecule has 0 saturated carbocycles. The van der Waals surface area contributed by atoms with Crippen molar-refractivity contribution < 1.29 is 15.1 Å². The van der Waals surface area contributed by atoms with Gasteiger partial charge in [0, 0.05) is 6.20 Å². The van der Waals surface area contributed by atoms with Crippen molar-refractivity contribution >= 4 is 53.9 Å². The molecule has 1 aromatic heterocycles. The van der Waals surface area contributed by atoms with Crippen molar-refractivity contribution in [2.24, 2.45) is 5.10 Å². The molecule has 84 valence electrons. The zero-order valence-corrected chi connectivity index (χ0v) is 14.7. The van der Waals surface area contributed by atoms with E-state index in [4.69, 9.17) is 31.6 Å². The van der Waals surface area contributed by atoms with Crippen LogP contribution in [0.2, 0.25) is 0 Å². The third-order valence-electron chi connectivity index (χ3n) is 1.23. The molecule has 0 radical (unpaired) electrons. The van der Waals surface area contributed by atoms with E-state index in [0.29, 0.717) is 4.32 Å². The average molecular weight is 348 g/mol. The second-order valence-electron chi connectivity index (χ2n) is 2.22. The van der Waals surface area contributed by atoms with Gasteiger partial charge in [-0.1, -0.05) is 30.0 Å². The van der Waals surface area contributed by atoms with Crippen LogP contribution in [0.1, 0.15) is 5.69 Å². The van der Waals surface area contributed by atoms with Crippen LogP contribution in [0.4, 0.5) is 0 Å². The van der Waals surface area contributed by atoms with Crippen molar-refractivity contribution in [1.29, 1.82) is 0 Å². The molecular weight excluding hydrogens is 339 g/mol. The van der Waals surface area contributed by atoms with Crippen molar-refractivity contribution in [3.05, 3.63) is 30.1 Å². The molecule has 0 aliphatic carbocycles. The van der Waals surface area contributed by atoms with Crippen molar-refractivity contribution in [3.63, 3.8) is 0 Å². The summed E-state index contributed by atoms with van der Waals surface area (Å²) in [6.07, 6.45) is 5.24.